The van der Waals surface area contributed by atoms with Crippen LogP contribution in [0, 0.1) is 13.8 Å². The number of nitrogens with zero attached hydrogens (tertiary/aromatic N) is 2. The Morgan fingerprint density at radius 3 is 2.44 bits per heavy atom. The maximum Gasteiger partial charge on any atom is 0.258 e. The third-order valence-electron chi connectivity index (χ3n) is 5.87. The molecule has 1 amide bonds. The number of amides is 1. The van der Waals surface area contributed by atoms with E-state index in [4.69, 9.17) is 19.2 Å². The Balaban J connectivity index is 1.45. The Hall–Kier alpha value is -4.00. The van der Waals surface area contributed by atoms with Crippen molar-refractivity contribution in [2.45, 2.75) is 40.3 Å². The van der Waals surface area contributed by atoms with Crippen LogP contribution in [0.1, 0.15) is 36.8 Å². The molecule has 1 unspecified atom stereocenters. The van der Waals surface area contributed by atoms with Gasteiger partial charge in [-0.1, -0.05) is 36.4 Å². The first-order valence-electron chi connectivity index (χ1n) is 12.3. The maximum atomic E-state index is 12.7. The van der Waals surface area contributed by atoms with Gasteiger partial charge in [0.25, 0.3) is 5.91 Å². The molecule has 0 aliphatic carbocycles. The van der Waals surface area contributed by atoms with Gasteiger partial charge in [-0.3, -0.25) is 4.79 Å². The standard InChI is InChI=1S/C29H33N3O4/c1-5-34-25-12-8-9-13-26(25)35-17-16-32-24-11-7-6-10-23(24)31-29(32)22(4)30-28(33)19-36-27-18-20(2)14-15-21(27)3/h6-15,18,22H,5,16-17,19H2,1-4H3,(H,30,33). The highest BCUT2D eigenvalue weighted by molar-refractivity contribution is 5.79. The summed E-state index contributed by atoms with van der Waals surface area (Å²) in [6.45, 7) is 9.34. The topological polar surface area (TPSA) is 74.6 Å². The van der Waals surface area contributed by atoms with Crippen molar-refractivity contribution in [3.05, 3.63) is 83.7 Å². The summed E-state index contributed by atoms with van der Waals surface area (Å²) in [4.78, 5) is 17.5. The van der Waals surface area contributed by atoms with Gasteiger partial charge in [0.2, 0.25) is 0 Å². The first-order valence-corrected chi connectivity index (χ1v) is 12.3. The number of fused-ring (bicyclic) bond motifs is 1. The van der Waals surface area contributed by atoms with Gasteiger partial charge in [-0.15, -0.1) is 0 Å². The molecule has 0 bridgehead atoms. The zero-order valence-corrected chi connectivity index (χ0v) is 21.3. The van der Waals surface area contributed by atoms with Crippen LogP contribution in [-0.4, -0.2) is 35.3 Å². The smallest absolute Gasteiger partial charge is 0.258 e. The molecule has 0 spiro atoms. The van der Waals surface area contributed by atoms with E-state index in [0.717, 1.165) is 39.5 Å². The molecule has 0 aliphatic heterocycles. The summed E-state index contributed by atoms with van der Waals surface area (Å²) in [6, 6.07) is 21.2. The molecule has 36 heavy (non-hydrogen) atoms. The molecule has 7 heteroatoms. The van der Waals surface area contributed by atoms with Gasteiger partial charge in [0, 0.05) is 0 Å². The molecular formula is C29H33N3O4. The third kappa shape index (κ3) is 5.97. The van der Waals surface area contributed by atoms with E-state index in [1.165, 1.54) is 0 Å². The van der Waals surface area contributed by atoms with Crippen LogP contribution in [-0.2, 0) is 11.3 Å². The SMILES string of the molecule is CCOc1ccccc1OCCn1c(C(C)NC(=O)COc2cc(C)ccc2C)nc2ccccc21. The molecule has 1 N–H and O–H groups in total. The number of aryl methyl sites for hydroxylation is 2. The average molecular weight is 488 g/mol. The van der Waals surface area contributed by atoms with Gasteiger partial charge in [0.15, 0.2) is 18.1 Å². The van der Waals surface area contributed by atoms with E-state index in [1.54, 1.807) is 0 Å². The third-order valence-corrected chi connectivity index (χ3v) is 5.87. The van der Waals surface area contributed by atoms with Crippen molar-refractivity contribution in [2.24, 2.45) is 0 Å². The Morgan fingerprint density at radius 1 is 0.944 bits per heavy atom. The highest BCUT2D eigenvalue weighted by Crippen LogP contribution is 2.27. The molecule has 7 nitrogen and oxygen atoms in total. The summed E-state index contributed by atoms with van der Waals surface area (Å²) in [7, 11) is 0. The summed E-state index contributed by atoms with van der Waals surface area (Å²) in [5.41, 5.74) is 3.94. The molecule has 0 radical (unpaired) electrons. The molecule has 0 saturated carbocycles. The highest BCUT2D eigenvalue weighted by Gasteiger charge is 2.19. The van der Waals surface area contributed by atoms with Crippen molar-refractivity contribution in [1.29, 1.82) is 0 Å². The lowest BCUT2D eigenvalue weighted by Crippen LogP contribution is -2.33. The molecular weight excluding hydrogens is 454 g/mol. The number of imidazole rings is 1. The minimum absolute atomic E-state index is 0.0633. The van der Waals surface area contributed by atoms with Crippen LogP contribution in [0.2, 0.25) is 0 Å². The number of rotatable bonds is 11. The normalized spacial score (nSPS) is 11.8. The average Bonchev–Trinajstić information content (AvgIpc) is 3.24. The van der Waals surface area contributed by atoms with E-state index in [2.05, 4.69) is 9.88 Å². The summed E-state index contributed by atoms with van der Waals surface area (Å²) in [6.07, 6.45) is 0. The maximum absolute atomic E-state index is 12.7. The summed E-state index contributed by atoms with van der Waals surface area (Å²) < 4.78 is 19.6. The summed E-state index contributed by atoms with van der Waals surface area (Å²) in [5.74, 6) is 2.70. The van der Waals surface area contributed by atoms with Gasteiger partial charge < -0.3 is 24.1 Å². The molecule has 4 rings (SSSR count). The number of ether oxygens (including phenoxy) is 3. The summed E-state index contributed by atoms with van der Waals surface area (Å²) in [5, 5.41) is 3.03. The first kappa shape index (κ1) is 25.1. The van der Waals surface area contributed by atoms with E-state index in [9.17, 15) is 4.79 Å². The zero-order chi connectivity index (χ0) is 25.5. The van der Waals surface area contributed by atoms with Crippen LogP contribution in [0.5, 0.6) is 17.2 Å². The fourth-order valence-corrected chi connectivity index (χ4v) is 4.10. The van der Waals surface area contributed by atoms with Crippen LogP contribution in [0.3, 0.4) is 0 Å². The number of aromatic nitrogens is 2. The van der Waals surface area contributed by atoms with E-state index < -0.39 is 0 Å². The predicted molar refractivity (Wildman–Crippen MR) is 141 cm³/mol. The molecule has 1 atom stereocenters. The van der Waals surface area contributed by atoms with Gasteiger partial charge in [-0.05, 0) is 69.2 Å². The lowest BCUT2D eigenvalue weighted by Gasteiger charge is -2.18. The molecule has 1 heterocycles. The van der Waals surface area contributed by atoms with Gasteiger partial charge in [0.1, 0.15) is 18.2 Å². The minimum atomic E-state index is -0.317. The molecule has 0 saturated heterocycles. The monoisotopic (exact) mass is 487 g/mol. The number of para-hydroxylation sites is 4. The lowest BCUT2D eigenvalue weighted by molar-refractivity contribution is -0.123. The Morgan fingerprint density at radius 2 is 1.67 bits per heavy atom. The van der Waals surface area contributed by atoms with Crippen LogP contribution in [0.4, 0.5) is 0 Å². The van der Waals surface area contributed by atoms with Crippen LogP contribution < -0.4 is 19.5 Å². The van der Waals surface area contributed by atoms with Gasteiger partial charge in [0.05, 0.1) is 30.2 Å². The van der Waals surface area contributed by atoms with Crippen LogP contribution >= 0.6 is 0 Å². The Kier molecular flexibility index (Phi) is 8.10. The highest BCUT2D eigenvalue weighted by atomic mass is 16.5. The molecule has 1 aromatic heterocycles. The number of nitrogens with one attached hydrogen (secondary N) is 1. The van der Waals surface area contributed by atoms with Crippen molar-refractivity contribution < 1.29 is 19.0 Å². The molecule has 188 valence electrons. The molecule has 0 fully saturated rings. The van der Waals surface area contributed by atoms with Gasteiger partial charge in [-0.25, -0.2) is 4.98 Å². The van der Waals surface area contributed by atoms with E-state index in [1.807, 2.05) is 94.4 Å². The number of carbonyl (C=O) groups excluding carboxylic acids is 1. The minimum Gasteiger partial charge on any atom is -0.490 e. The fraction of sp³-hybridized carbons (Fsp3) is 0.310. The van der Waals surface area contributed by atoms with Crippen molar-refractivity contribution in [3.63, 3.8) is 0 Å². The molecule has 0 aliphatic rings. The predicted octanol–water partition coefficient (Wildman–Crippen LogP) is 5.39. The van der Waals surface area contributed by atoms with Crippen LogP contribution in [0.15, 0.2) is 66.7 Å². The number of hydrogen-bond acceptors (Lipinski definition) is 5. The second kappa shape index (κ2) is 11.6. The second-order valence-corrected chi connectivity index (χ2v) is 8.69. The van der Waals surface area contributed by atoms with E-state index >= 15 is 0 Å². The van der Waals surface area contributed by atoms with E-state index in [-0.39, 0.29) is 18.6 Å². The van der Waals surface area contributed by atoms with Crippen molar-refractivity contribution >= 4 is 16.9 Å². The van der Waals surface area contributed by atoms with Crippen molar-refractivity contribution in [2.75, 3.05) is 19.8 Å². The van der Waals surface area contributed by atoms with E-state index in [0.29, 0.717) is 25.5 Å². The van der Waals surface area contributed by atoms with Gasteiger partial charge in [-0.2, -0.15) is 0 Å². The molecule has 3 aromatic carbocycles. The largest absolute Gasteiger partial charge is 0.490 e. The number of carbonyl (C=O) groups is 1. The molecule has 4 aromatic rings. The van der Waals surface area contributed by atoms with Crippen LogP contribution in [0.25, 0.3) is 11.0 Å². The number of benzene rings is 3. The fourth-order valence-electron chi connectivity index (χ4n) is 4.10. The van der Waals surface area contributed by atoms with Gasteiger partial charge >= 0.3 is 0 Å². The quantitative estimate of drug-likeness (QED) is 0.307. The number of hydrogen-bond donors (Lipinski definition) is 1. The lowest BCUT2D eigenvalue weighted by atomic mass is 10.1. The second-order valence-electron chi connectivity index (χ2n) is 8.69. The Bertz CT molecular complexity index is 1330. The van der Waals surface area contributed by atoms with Crippen molar-refractivity contribution in [3.8, 4) is 17.2 Å². The Labute approximate surface area is 212 Å². The summed E-state index contributed by atoms with van der Waals surface area (Å²) >= 11 is 0. The zero-order valence-electron chi connectivity index (χ0n) is 21.3. The van der Waals surface area contributed by atoms with Crippen molar-refractivity contribution in [1.82, 2.24) is 14.9 Å². The first-order chi connectivity index (χ1) is 17.5.